The lowest BCUT2D eigenvalue weighted by Gasteiger charge is -2.21. The number of aldehydes is 1. The molecule has 0 bridgehead atoms. The summed E-state index contributed by atoms with van der Waals surface area (Å²) in [6.45, 7) is 1.34. The molecular formula is C16H23NO9. The topological polar surface area (TPSA) is 166 Å². The van der Waals surface area contributed by atoms with Crippen LogP contribution in [0.25, 0.3) is 0 Å². The minimum Gasteiger partial charge on any atom is -0.479 e. The lowest BCUT2D eigenvalue weighted by atomic mass is 10.0. The number of likely N-dealkylation sites (N-methyl/N-ethyl adjacent to an activating group) is 1. The van der Waals surface area contributed by atoms with Crippen LogP contribution in [-0.2, 0) is 16.0 Å². The van der Waals surface area contributed by atoms with Crippen molar-refractivity contribution in [2.24, 2.45) is 0 Å². The number of hydrogen-bond donors (Lipinski definition) is 6. The van der Waals surface area contributed by atoms with Gasteiger partial charge in [-0.25, -0.2) is 4.79 Å². The summed E-state index contributed by atoms with van der Waals surface area (Å²) in [6.07, 6.45) is -7.37. The third kappa shape index (κ3) is 6.24. The standard InChI is InChI=1S/C10H13NO2.C6H10O7/c1-11-5-4-8-2-3-9-10(6-8)13-7-12-9;7-1-2(8)3(9)4(10)5(11)6(12)13/h2-3,6,11H,4-5,7H2,1H3;1-5,8-11H,(H,12,13)/t;2-,3+,4-,5-/m.0/s1. The number of carbonyl (C=O) groups is 2. The number of aliphatic hydroxyl groups excluding tert-OH is 4. The number of carbonyl (C=O) groups excluding carboxylic acids is 1. The molecule has 0 unspecified atom stereocenters. The smallest absolute Gasteiger partial charge is 0.335 e. The fourth-order valence-corrected chi connectivity index (χ4v) is 1.98. The largest absolute Gasteiger partial charge is 0.479 e. The average molecular weight is 373 g/mol. The molecule has 26 heavy (non-hydrogen) atoms. The number of carboxylic acids is 1. The van der Waals surface area contributed by atoms with Gasteiger partial charge in [0.25, 0.3) is 0 Å². The van der Waals surface area contributed by atoms with Gasteiger partial charge in [-0.05, 0) is 37.7 Å². The van der Waals surface area contributed by atoms with Gasteiger partial charge in [0, 0.05) is 0 Å². The molecule has 0 amide bonds. The minimum atomic E-state index is -2.25. The Morgan fingerprint density at radius 2 is 1.85 bits per heavy atom. The maximum Gasteiger partial charge on any atom is 0.335 e. The van der Waals surface area contributed by atoms with E-state index in [1.54, 1.807) is 0 Å². The number of aliphatic carboxylic acids is 1. The van der Waals surface area contributed by atoms with Gasteiger partial charge >= 0.3 is 5.97 Å². The van der Waals surface area contributed by atoms with Crippen molar-refractivity contribution in [2.45, 2.75) is 30.8 Å². The van der Waals surface area contributed by atoms with E-state index in [9.17, 15) is 9.59 Å². The SMILES string of the molecule is CNCCc1ccc2c(c1)OCO2.O=C[C@H](O)[C@@H](O)[C@H](O)[C@H](O)C(=O)O. The highest BCUT2D eigenvalue weighted by molar-refractivity contribution is 5.73. The number of carboxylic acid groups (broad SMARTS) is 1. The van der Waals surface area contributed by atoms with Crippen molar-refractivity contribution in [3.8, 4) is 11.5 Å². The molecule has 4 atom stereocenters. The summed E-state index contributed by atoms with van der Waals surface area (Å²) in [7, 11) is 1.95. The molecule has 0 saturated carbocycles. The molecule has 1 aromatic carbocycles. The number of aliphatic hydroxyl groups is 4. The van der Waals surface area contributed by atoms with Crippen molar-refractivity contribution in [2.75, 3.05) is 20.4 Å². The van der Waals surface area contributed by atoms with Crippen LogP contribution in [-0.4, -0.2) is 82.6 Å². The molecule has 146 valence electrons. The van der Waals surface area contributed by atoms with E-state index >= 15 is 0 Å². The Hall–Kier alpha value is -2.24. The van der Waals surface area contributed by atoms with Crippen molar-refractivity contribution in [3.05, 3.63) is 23.8 Å². The van der Waals surface area contributed by atoms with Crippen LogP contribution in [0.3, 0.4) is 0 Å². The Labute approximate surface area is 149 Å². The van der Waals surface area contributed by atoms with Crippen LogP contribution in [0.5, 0.6) is 11.5 Å². The second-order valence-electron chi connectivity index (χ2n) is 5.43. The highest BCUT2D eigenvalue weighted by Gasteiger charge is 2.34. The molecule has 1 aromatic rings. The first-order valence-electron chi connectivity index (χ1n) is 7.75. The second kappa shape index (κ2) is 10.7. The first-order chi connectivity index (χ1) is 12.3. The van der Waals surface area contributed by atoms with Gasteiger partial charge in [-0.3, -0.25) is 0 Å². The molecule has 1 aliphatic heterocycles. The number of nitrogens with one attached hydrogen (secondary N) is 1. The molecule has 10 heteroatoms. The van der Waals surface area contributed by atoms with Crippen LogP contribution in [0, 0.1) is 0 Å². The molecule has 1 aliphatic rings. The molecule has 0 aliphatic carbocycles. The van der Waals surface area contributed by atoms with Crippen LogP contribution >= 0.6 is 0 Å². The predicted molar refractivity (Wildman–Crippen MR) is 87.9 cm³/mol. The second-order valence-corrected chi connectivity index (χ2v) is 5.43. The molecule has 1 heterocycles. The maximum absolute atomic E-state index is 10.1. The Balaban J connectivity index is 0.000000260. The van der Waals surface area contributed by atoms with Gasteiger partial charge in [-0.1, -0.05) is 6.07 Å². The highest BCUT2D eigenvalue weighted by atomic mass is 16.7. The summed E-state index contributed by atoms with van der Waals surface area (Å²) in [5, 5.41) is 46.3. The van der Waals surface area contributed by atoms with Crippen molar-refractivity contribution < 1.29 is 44.6 Å². The van der Waals surface area contributed by atoms with Crippen molar-refractivity contribution in [1.29, 1.82) is 0 Å². The molecule has 0 spiro atoms. The van der Waals surface area contributed by atoms with Gasteiger partial charge in [0.15, 0.2) is 23.9 Å². The number of fused-ring (bicyclic) bond motifs is 1. The summed E-state index contributed by atoms with van der Waals surface area (Å²) in [6, 6.07) is 6.08. The molecule has 0 radical (unpaired) electrons. The van der Waals surface area contributed by atoms with Gasteiger partial charge in [0.1, 0.15) is 18.3 Å². The van der Waals surface area contributed by atoms with E-state index in [0.29, 0.717) is 6.79 Å². The Bertz CT molecular complexity index is 595. The van der Waals surface area contributed by atoms with Crippen molar-refractivity contribution in [3.63, 3.8) is 0 Å². The zero-order valence-corrected chi connectivity index (χ0v) is 14.1. The van der Waals surface area contributed by atoms with E-state index < -0.39 is 30.4 Å². The van der Waals surface area contributed by atoms with Crippen molar-refractivity contribution >= 4 is 12.3 Å². The highest BCUT2D eigenvalue weighted by Crippen LogP contribution is 2.32. The minimum absolute atomic E-state index is 0.0809. The van der Waals surface area contributed by atoms with Gasteiger partial charge in [0.05, 0.1) is 0 Å². The Morgan fingerprint density at radius 3 is 2.42 bits per heavy atom. The van der Waals surface area contributed by atoms with E-state index in [1.807, 2.05) is 19.2 Å². The van der Waals surface area contributed by atoms with Gasteiger partial charge < -0.3 is 45.1 Å². The molecule has 0 fully saturated rings. The van der Waals surface area contributed by atoms with E-state index in [4.69, 9.17) is 35.0 Å². The van der Waals surface area contributed by atoms with Crippen molar-refractivity contribution in [1.82, 2.24) is 5.32 Å². The quantitative estimate of drug-likeness (QED) is 0.278. The molecule has 10 nitrogen and oxygen atoms in total. The molecule has 2 rings (SSSR count). The van der Waals surface area contributed by atoms with Crippen LogP contribution < -0.4 is 14.8 Å². The molecule has 6 N–H and O–H groups in total. The first-order valence-corrected chi connectivity index (χ1v) is 7.75. The third-order valence-corrected chi connectivity index (χ3v) is 3.52. The van der Waals surface area contributed by atoms with E-state index in [2.05, 4.69) is 11.4 Å². The monoisotopic (exact) mass is 373 g/mol. The summed E-state index contributed by atoms with van der Waals surface area (Å²) in [5.74, 6) is -0.0357. The van der Waals surface area contributed by atoms with E-state index in [1.165, 1.54) is 5.56 Å². The van der Waals surface area contributed by atoms with Crippen LogP contribution in [0.1, 0.15) is 5.56 Å². The summed E-state index contributed by atoms with van der Waals surface area (Å²) >= 11 is 0. The average Bonchev–Trinajstić information content (AvgIpc) is 3.12. The van der Waals surface area contributed by atoms with Gasteiger partial charge in [0.2, 0.25) is 6.79 Å². The number of hydrogen-bond acceptors (Lipinski definition) is 9. The molecule has 0 aromatic heterocycles. The predicted octanol–water partition coefficient (Wildman–Crippen LogP) is -2.11. The van der Waals surface area contributed by atoms with Crippen LogP contribution in [0.2, 0.25) is 0 Å². The maximum atomic E-state index is 10.1. The number of benzene rings is 1. The van der Waals surface area contributed by atoms with Gasteiger partial charge in [-0.2, -0.15) is 0 Å². The lowest BCUT2D eigenvalue weighted by Crippen LogP contribution is -2.48. The zero-order valence-electron chi connectivity index (χ0n) is 14.1. The fraction of sp³-hybridized carbons (Fsp3) is 0.500. The van der Waals surface area contributed by atoms with Crippen LogP contribution in [0.15, 0.2) is 18.2 Å². The lowest BCUT2D eigenvalue weighted by molar-refractivity contribution is -0.163. The van der Waals surface area contributed by atoms with Gasteiger partial charge in [-0.15, -0.1) is 0 Å². The number of rotatable bonds is 8. The van der Waals surface area contributed by atoms with E-state index in [-0.39, 0.29) is 6.29 Å². The Kier molecular flexibility index (Phi) is 8.96. The zero-order chi connectivity index (χ0) is 19.7. The normalized spacial score (nSPS) is 16.7. The summed E-state index contributed by atoms with van der Waals surface area (Å²) in [5.41, 5.74) is 1.28. The summed E-state index contributed by atoms with van der Waals surface area (Å²) in [4.78, 5) is 20.0. The number of ether oxygens (including phenoxy) is 2. The van der Waals surface area contributed by atoms with Crippen LogP contribution in [0.4, 0.5) is 0 Å². The Morgan fingerprint density at radius 1 is 1.19 bits per heavy atom. The fourth-order valence-electron chi connectivity index (χ4n) is 1.98. The van der Waals surface area contributed by atoms with E-state index in [0.717, 1.165) is 24.5 Å². The molecular weight excluding hydrogens is 350 g/mol. The first kappa shape index (κ1) is 21.8. The molecule has 0 saturated heterocycles. The summed E-state index contributed by atoms with van der Waals surface area (Å²) < 4.78 is 10.5. The third-order valence-electron chi connectivity index (χ3n) is 3.52.